The van der Waals surface area contributed by atoms with Crippen molar-refractivity contribution in [3.8, 4) is 0 Å². The molecule has 1 aliphatic rings. The zero-order valence-corrected chi connectivity index (χ0v) is 15.9. The van der Waals surface area contributed by atoms with Gasteiger partial charge in [-0.15, -0.1) is 0 Å². The van der Waals surface area contributed by atoms with E-state index in [9.17, 15) is 4.79 Å². The number of morpholine rings is 1. The lowest BCUT2D eigenvalue weighted by Crippen LogP contribution is -2.41. The number of hydrogen-bond donors (Lipinski definition) is 3. The molecular weight excluding hydrogens is 352 g/mol. The average molecular weight is 376 g/mol. The molecule has 0 bridgehead atoms. The number of benzene rings is 2. The molecule has 0 spiro atoms. The van der Waals surface area contributed by atoms with Crippen molar-refractivity contribution in [1.82, 2.24) is 9.88 Å². The summed E-state index contributed by atoms with van der Waals surface area (Å²) in [6.07, 6.45) is 0. The Morgan fingerprint density at radius 2 is 1.89 bits per heavy atom. The first-order valence-corrected chi connectivity index (χ1v) is 9.47. The first kappa shape index (κ1) is 18.3. The van der Waals surface area contributed by atoms with Crippen molar-refractivity contribution in [2.24, 2.45) is 0 Å². The predicted molar refractivity (Wildman–Crippen MR) is 112 cm³/mol. The van der Waals surface area contributed by atoms with E-state index in [0.29, 0.717) is 54.5 Å². The summed E-state index contributed by atoms with van der Waals surface area (Å²) in [7, 11) is 0. The van der Waals surface area contributed by atoms with Gasteiger partial charge in [0, 0.05) is 35.8 Å². The highest BCUT2D eigenvalue weighted by Crippen LogP contribution is 2.26. The highest BCUT2D eigenvalue weighted by atomic mass is 16.5. The molecule has 3 aromatic rings. The van der Waals surface area contributed by atoms with Crippen LogP contribution in [-0.2, 0) is 4.74 Å². The Bertz CT molecular complexity index is 1070. The van der Waals surface area contributed by atoms with E-state index >= 15 is 0 Å². The summed E-state index contributed by atoms with van der Waals surface area (Å²) in [6.45, 7) is 4.61. The Balaban J connectivity index is 1.76. The molecule has 1 unspecified atom stereocenters. The fraction of sp³-hybridized carbons (Fsp3) is 0.273. The molecular formula is C22H24N4O2. The van der Waals surface area contributed by atoms with Gasteiger partial charge in [-0.3, -0.25) is 10.2 Å². The lowest BCUT2D eigenvalue weighted by molar-refractivity contribution is 0.0680. The van der Waals surface area contributed by atoms with Gasteiger partial charge in [-0.2, -0.15) is 0 Å². The highest BCUT2D eigenvalue weighted by molar-refractivity contribution is 6.04. The van der Waals surface area contributed by atoms with E-state index in [-0.39, 0.29) is 11.5 Å². The van der Waals surface area contributed by atoms with Gasteiger partial charge in [0.25, 0.3) is 5.56 Å². The number of aromatic nitrogens is 1. The Kier molecular flexibility index (Phi) is 4.88. The van der Waals surface area contributed by atoms with Crippen molar-refractivity contribution in [3.05, 3.63) is 75.6 Å². The van der Waals surface area contributed by atoms with E-state index < -0.39 is 0 Å². The highest BCUT2D eigenvalue weighted by Gasteiger charge is 2.19. The number of nitrogen functional groups attached to an aromatic ring is 1. The molecule has 6 nitrogen and oxygen atoms in total. The molecule has 144 valence electrons. The van der Waals surface area contributed by atoms with Gasteiger partial charge in [-0.25, -0.2) is 0 Å². The van der Waals surface area contributed by atoms with Crippen LogP contribution in [0.3, 0.4) is 0 Å². The average Bonchev–Trinajstić information content (AvgIpc) is 2.73. The number of hydrogen-bond acceptors (Lipinski definition) is 4. The normalized spacial score (nSPS) is 15.5. The van der Waals surface area contributed by atoms with Gasteiger partial charge in [0.15, 0.2) is 0 Å². The Hall–Kier alpha value is -3.12. The maximum atomic E-state index is 12.7. The number of aromatic amines is 1. The van der Waals surface area contributed by atoms with Gasteiger partial charge in [0.05, 0.1) is 18.7 Å². The third kappa shape index (κ3) is 3.39. The van der Waals surface area contributed by atoms with Crippen LogP contribution in [0.2, 0.25) is 0 Å². The molecule has 4 N–H and O–H groups in total. The maximum Gasteiger partial charge on any atom is 0.252 e. The van der Waals surface area contributed by atoms with Gasteiger partial charge in [0.1, 0.15) is 5.84 Å². The number of pyridine rings is 1. The third-order valence-electron chi connectivity index (χ3n) is 5.39. The molecule has 2 heterocycles. The van der Waals surface area contributed by atoms with Crippen molar-refractivity contribution in [1.29, 1.82) is 5.41 Å². The summed E-state index contributed by atoms with van der Waals surface area (Å²) < 4.78 is 5.37. The molecule has 1 saturated heterocycles. The number of ether oxygens (including phenoxy) is 1. The van der Waals surface area contributed by atoms with Crippen molar-refractivity contribution >= 4 is 22.4 Å². The van der Waals surface area contributed by atoms with Crippen LogP contribution >= 0.6 is 0 Å². The number of rotatable bonds is 3. The zero-order chi connectivity index (χ0) is 19.7. The quantitative estimate of drug-likeness (QED) is 0.372. The minimum absolute atomic E-state index is 0.0333. The summed E-state index contributed by atoms with van der Waals surface area (Å²) in [5, 5.41) is 9.45. The number of anilines is 1. The summed E-state index contributed by atoms with van der Waals surface area (Å²) in [4.78, 5) is 17.6. The second-order valence-electron chi connectivity index (χ2n) is 7.16. The van der Waals surface area contributed by atoms with E-state index in [2.05, 4.69) is 4.98 Å². The standard InChI is InChI=1S/C22H24N4O2/c1-14(15-5-3-2-4-6-15)17-11-16-12-18(19(23)13-20(16)25-22(17)27)21(24)26-7-9-28-10-8-26/h2-6,11-14,24H,7-10,23H2,1H3,(H,25,27). The van der Waals surface area contributed by atoms with Crippen molar-refractivity contribution in [2.75, 3.05) is 32.0 Å². The lowest BCUT2D eigenvalue weighted by Gasteiger charge is -2.29. The van der Waals surface area contributed by atoms with Crippen LogP contribution in [0.4, 0.5) is 5.69 Å². The van der Waals surface area contributed by atoms with E-state index in [0.717, 1.165) is 10.9 Å². The minimum Gasteiger partial charge on any atom is -0.398 e. The number of nitrogens with one attached hydrogen (secondary N) is 2. The van der Waals surface area contributed by atoms with E-state index in [1.165, 1.54) is 0 Å². The Labute approximate surface area is 163 Å². The van der Waals surface area contributed by atoms with Crippen LogP contribution in [-0.4, -0.2) is 42.0 Å². The molecule has 1 atom stereocenters. The summed E-state index contributed by atoms with van der Waals surface area (Å²) in [5.74, 6) is 0.362. The third-order valence-corrected chi connectivity index (χ3v) is 5.39. The molecule has 0 amide bonds. The largest absolute Gasteiger partial charge is 0.398 e. The SMILES string of the molecule is CC(c1ccccc1)c1cc2cc(C(=N)N3CCOCC3)c(N)cc2[nH]c1=O. The Morgan fingerprint density at radius 3 is 2.61 bits per heavy atom. The molecule has 28 heavy (non-hydrogen) atoms. The second kappa shape index (κ2) is 7.48. The monoisotopic (exact) mass is 376 g/mol. The smallest absolute Gasteiger partial charge is 0.252 e. The second-order valence-corrected chi connectivity index (χ2v) is 7.16. The molecule has 0 saturated carbocycles. The molecule has 6 heteroatoms. The number of amidine groups is 1. The van der Waals surface area contributed by atoms with E-state index in [1.807, 2.05) is 54.3 Å². The van der Waals surface area contributed by atoms with Crippen LogP contribution in [0.25, 0.3) is 10.9 Å². The Morgan fingerprint density at radius 1 is 1.18 bits per heavy atom. The first-order valence-electron chi connectivity index (χ1n) is 9.47. The molecule has 0 aliphatic carbocycles. The molecule has 1 aromatic heterocycles. The maximum absolute atomic E-state index is 12.7. The molecule has 4 rings (SSSR count). The number of nitrogens with zero attached hydrogens (tertiary/aromatic N) is 1. The van der Waals surface area contributed by atoms with Gasteiger partial charge >= 0.3 is 0 Å². The lowest BCUT2D eigenvalue weighted by atomic mass is 9.93. The van der Waals surface area contributed by atoms with Crippen LogP contribution in [0, 0.1) is 5.41 Å². The molecule has 1 fully saturated rings. The topological polar surface area (TPSA) is 95.2 Å². The van der Waals surface area contributed by atoms with Gasteiger partial charge < -0.3 is 20.4 Å². The van der Waals surface area contributed by atoms with Crippen LogP contribution < -0.4 is 11.3 Å². The zero-order valence-electron chi connectivity index (χ0n) is 15.9. The summed E-state index contributed by atoms with van der Waals surface area (Å²) >= 11 is 0. The summed E-state index contributed by atoms with van der Waals surface area (Å²) in [6, 6.07) is 15.5. The predicted octanol–water partition coefficient (Wildman–Crippen LogP) is 2.92. The van der Waals surface area contributed by atoms with Crippen LogP contribution in [0.5, 0.6) is 0 Å². The minimum atomic E-state index is -0.112. The fourth-order valence-electron chi connectivity index (χ4n) is 3.69. The fourth-order valence-corrected chi connectivity index (χ4v) is 3.69. The van der Waals surface area contributed by atoms with Crippen LogP contribution in [0.15, 0.2) is 53.3 Å². The molecule has 2 aromatic carbocycles. The number of nitrogens with two attached hydrogens (primary N) is 1. The number of fused-ring (bicyclic) bond motifs is 1. The first-order chi connectivity index (χ1) is 13.5. The summed E-state index contributed by atoms with van der Waals surface area (Å²) in [5.41, 5.74) is 9.74. The van der Waals surface area contributed by atoms with E-state index in [4.69, 9.17) is 15.9 Å². The van der Waals surface area contributed by atoms with E-state index in [1.54, 1.807) is 6.07 Å². The number of H-pyrrole nitrogens is 1. The van der Waals surface area contributed by atoms with Crippen molar-refractivity contribution < 1.29 is 4.74 Å². The van der Waals surface area contributed by atoms with Gasteiger partial charge in [0.2, 0.25) is 0 Å². The van der Waals surface area contributed by atoms with Crippen LogP contribution in [0.1, 0.15) is 29.5 Å². The van der Waals surface area contributed by atoms with Gasteiger partial charge in [-0.1, -0.05) is 37.3 Å². The molecule has 1 aliphatic heterocycles. The molecule has 0 radical (unpaired) electrons. The van der Waals surface area contributed by atoms with Crippen molar-refractivity contribution in [2.45, 2.75) is 12.8 Å². The van der Waals surface area contributed by atoms with Crippen molar-refractivity contribution in [3.63, 3.8) is 0 Å². The van der Waals surface area contributed by atoms with Gasteiger partial charge in [-0.05, 0) is 29.1 Å².